The Morgan fingerprint density at radius 3 is 2.36 bits per heavy atom. The van der Waals surface area contributed by atoms with E-state index in [1.807, 2.05) is 67.6 Å². The lowest BCUT2D eigenvalue weighted by Gasteiger charge is -2.33. The molecule has 3 N–H and O–H groups in total. The second kappa shape index (κ2) is 17.7. The van der Waals surface area contributed by atoms with Crippen LogP contribution in [0.25, 0.3) is 6.08 Å². The van der Waals surface area contributed by atoms with E-state index in [0.717, 1.165) is 35.3 Å². The minimum atomic E-state index is -0.657. The van der Waals surface area contributed by atoms with Crippen LogP contribution in [0.4, 0.5) is 10.7 Å². The van der Waals surface area contributed by atoms with E-state index in [-0.39, 0.29) is 17.0 Å². The number of nitrogens with zero attached hydrogens (tertiary/aromatic N) is 1. The van der Waals surface area contributed by atoms with Crippen molar-refractivity contribution in [1.29, 1.82) is 5.26 Å². The van der Waals surface area contributed by atoms with E-state index in [0.29, 0.717) is 45.7 Å². The molecule has 4 aromatic carbocycles. The highest BCUT2D eigenvalue weighted by atomic mass is 32.2. The number of rotatable bonds is 12. The van der Waals surface area contributed by atoms with E-state index in [2.05, 4.69) is 42.8 Å². The quantitative estimate of drug-likeness (QED) is 0.0859. The van der Waals surface area contributed by atoms with Crippen molar-refractivity contribution in [2.45, 2.75) is 57.1 Å². The van der Waals surface area contributed by atoms with E-state index < -0.39 is 17.1 Å². The largest absolute Gasteiger partial charge is 0.493 e. The summed E-state index contributed by atoms with van der Waals surface area (Å²) < 4.78 is 5.78. The number of ether oxygens (including phenoxy) is 1. The fourth-order valence-corrected chi connectivity index (χ4v) is 8.94. The monoisotopic (exact) mass is 768 g/mol. The Bertz CT molecular complexity index is 2240. The van der Waals surface area contributed by atoms with Gasteiger partial charge in [-0.2, -0.15) is 5.26 Å². The van der Waals surface area contributed by atoms with Gasteiger partial charge in [-0.25, -0.2) is 0 Å². The average Bonchev–Trinajstić information content (AvgIpc) is 3.54. The highest BCUT2D eigenvalue weighted by Gasteiger charge is 2.33. The maximum absolute atomic E-state index is 14.2. The second-order valence-electron chi connectivity index (χ2n) is 14.4. The van der Waals surface area contributed by atoms with Crippen LogP contribution in [0.5, 0.6) is 5.75 Å². The Kier molecular flexibility index (Phi) is 12.6. The molecule has 1 aromatic heterocycles. The van der Waals surface area contributed by atoms with Gasteiger partial charge in [0.1, 0.15) is 27.8 Å². The van der Waals surface area contributed by atoms with Crippen molar-refractivity contribution in [3.63, 3.8) is 0 Å². The molecule has 6 rings (SSSR count). The smallest absolute Gasteiger partial charge is 0.272 e. The van der Waals surface area contributed by atoms with E-state index in [1.54, 1.807) is 54.6 Å². The zero-order chi connectivity index (χ0) is 39.0. The number of carbonyl (C=O) groups is 3. The van der Waals surface area contributed by atoms with Gasteiger partial charge in [-0.15, -0.1) is 23.1 Å². The van der Waals surface area contributed by atoms with Crippen LogP contribution in [0, 0.1) is 22.7 Å². The fourth-order valence-electron chi connectivity index (χ4n) is 6.58. The van der Waals surface area contributed by atoms with Crippen LogP contribution in [0.3, 0.4) is 0 Å². The lowest BCUT2D eigenvalue weighted by Crippen LogP contribution is -2.30. The molecule has 1 aliphatic rings. The lowest BCUT2D eigenvalue weighted by molar-refractivity contribution is -0.116. The molecule has 0 spiro atoms. The van der Waals surface area contributed by atoms with Crippen molar-refractivity contribution >= 4 is 57.6 Å². The Hall–Kier alpha value is -5.63. The molecule has 0 radical (unpaired) electrons. The van der Waals surface area contributed by atoms with Crippen LogP contribution in [-0.4, -0.2) is 24.3 Å². The molecule has 2 unspecified atom stereocenters. The second-order valence-corrected chi connectivity index (χ2v) is 16.6. The summed E-state index contributed by atoms with van der Waals surface area (Å²) in [5, 5.41) is 19.0. The molecular weight excluding hydrogens is 725 g/mol. The van der Waals surface area contributed by atoms with E-state index in [1.165, 1.54) is 28.0 Å². The van der Waals surface area contributed by atoms with Gasteiger partial charge in [-0.3, -0.25) is 14.4 Å². The molecule has 2 atom stereocenters. The van der Waals surface area contributed by atoms with Gasteiger partial charge < -0.3 is 20.7 Å². The number of hydrogen-bond acceptors (Lipinski definition) is 7. The molecule has 280 valence electrons. The van der Waals surface area contributed by atoms with Crippen LogP contribution in [0.2, 0.25) is 0 Å². The maximum Gasteiger partial charge on any atom is 0.272 e. The van der Waals surface area contributed by atoms with Crippen LogP contribution >= 0.6 is 23.1 Å². The Morgan fingerprint density at radius 1 is 0.945 bits per heavy atom. The SMILES string of the molecule is CCOc1ccccc1/C=C(/NC(=O)c1ccccc1)C(=O)Nc1cccc(SC(C(=O)Nc2sc3c(c2C#N)CCC(C(C)(C)C)C3)c2ccccc2)c1. The first-order valence-electron chi connectivity index (χ1n) is 18.3. The summed E-state index contributed by atoms with van der Waals surface area (Å²) in [5.74, 6) is -0.125. The van der Waals surface area contributed by atoms with Gasteiger partial charge in [0.25, 0.3) is 11.8 Å². The number of anilines is 2. The summed E-state index contributed by atoms with van der Waals surface area (Å²) in [7, 11) is 0. The van der Waals surface area contributed by atoms with Gasteiger partial charge >= 0.3 is 0 Å². The van der Waals surface area contributed by atoms with Crippen molar-refractivity contribution in [2.24, 2.45) is 11.3 Å². The van der Waals surface area contributed by atoms with Gasteiger partial charge in [-0.1, -0.05) is 93.6 Å². The van der Waals surface area contributed by atoms with Crippen molar-refractivity contribution in [3.8, 4) is 11.8 Å². The number of para-hydroxylation sites is 1. The number of benzene rings is 4. The van der Waals surface area contributed by atoms with Gasteiger partial charge in [0.2, 0.25) is 5.91 Å². The van der Waals surface area contributed by atoms with Crippen LogP contribution in [-0.2, 0) is 22.4 Å². The summed E-state index contributed by atoms with van der Waals surface area (Å²) >= 11 is 2.86. The third-order valence-electron chi connectivity index (χ3n) is 9.57. The van der Waals surface area contributed by atoms with Crippen LogP contribution in [0.1, 0.15) is 76.9 Å². The first-order chi connectivity index (χ1) is 26.5. The lowest BCUT2D eigenvalue weighted by atomic mass is 9.72. The highest BCUT2D eigenvalue weighted by Crippen LogP contribution is 2.45. The minimum absolute atomic E-state index is 0.0290. The van der Waals surface area contributed by atoms with E-state index in [9.17, 15) is 19.6 Å². The number of fused-ring (bicyclic) bond motifs is 1. The van der Waals surface area contributed by atoms with Crippen molar-refractivity contribution in [1.82, 2.24) is 5.32 Å². The summed E-state index contributed by atoms with van der Waals surface area (Å²) in [6.45, 7) is 9.09. The van der Waals surface area contributed by atoms with Crippen molar-refractivity contribution in [2.75, 3.05) is 17.2 Å². The van der Waals surface area contributed by atoms with Crippen molar-refractivity contribution in [3.05, 3.63) is 148 Å². The van der Waals surface area contributed by atoms with Crippen molar-refractivity contribution < 1.29 is 19.1 Å². The van der Waals surface area contributed by atoms with Crippen LogP contribution < -0.4 is 20.7 Å². The molecule has 3 amide bonds. The molecule has 0 saturated carbocycles. The molecule has 8 nitrogen and oxygen atoms in total. The molecule has 55 heavy (non-hydrogen) atoms. The number of carbonyl (C=O) groups excluding carboxylic acids is 3. The molecule has 10 heteroatoms. The minimum Gasteiger partial charge on any atom is -0.493 e. The number of thioether (sulfide) groups is 1. The fraction of sp³-hybridized carbons (Fsp3) is 0.244. The Labute approximate surface area is 331 Å². The maximum atomic E-state index is 14.2. The molecule has 1 aliphatic carbocycles. The number of hydrogen-bond donors (Lipinski definition) is 3. The zero-order valence-electron chi connectivity index (χ0n) is 31.3. The van der Waals surface area contributed by atoms with Gasteiger partial charge in [-0.05, 0) is 91.1 Å². The van der Waals surface area contributed by atoms with Gasteiger partial charge in [0.05, 0.1) is 12.2 Å². The summed E-state index contributed by atoms with van der Waals surface area (Å²) in [6.07, 6.45) is 4.34. The summed E-state index contributed by atoms with van der Waals surface area (Å²) in [4.78, 5) is 43.3. The molecular formula is C45H44N4O4S2. The number of thiophene rings is 1. The number of nitrogens with one attached hydrogen (secondary N) is 3. The first-order valence-corrected chi connectivity index (χ1v) is 20.0. The Morgan fingerprint density at radius 2 is 1.65 bits per heavy atom. The summed E-state index contributed by atoms with van der Waals surface area (Å²) in [6, 6.07) is 35.1. The standard InChI is InChI=1S/C45H44N4O4S2/c1-5-53-38-22-13-12-19-31(38)25-37(48-41(50)30-17-10-7-11-18-30)42(51)47-33-20-14-21-34(27-33)54-40(29-15-8-6-9-16-29)43(52)49-44-36(28-46)35-24-23-32(45(2,3)4)26-39(35)55-44/h6-22,25,27,32,40H,5,23-24,26H2,1-4H3,(H,47,51)(H,48,50)(H,49,52)/b37-25+. The topological polar surface area (TPSA) is 120 Å². The number of nitriles is 1. The molecule has 0 fully saturated rings. The molecule has 5 aromatic rings. The van der Waals surface area contributed by atoms with Crippen LogP contribution in [0.15, 0.2) is 120 Å². The highest BCUT2D eigenvalue weighted by molar-refractivity contribution is 8.00. The summed E-state index contributed by atoms with van der Waals surface area (Å²) in [5.41, 5.74) is 4.12. The zero-order valence-corrected chi connectivity index (χ0v) is 33.0. The van der Waals surface area contributed by atoms with Gasteiger partial charge in [0.15, 0.2) is 0 Å². The molecule has 0 aliphatic heterocycles. The predicted octanol–water partition coefficient (Wildman–Crippen LogP) is 10.1. The predicted molar refractivity (Wildman–Crippen MR) is 222 cm³/mol. The van der Waals surface area contributed by atoms with Gasteiger partial charge in [0, 0.05) is 26.6 Å². The molecule has 1 heterocycles. The first kappa shape index (κ1) is 39.1. The normalized spacial score (nSPS) is 14.5. The molecule has 0 saturated heterocycles. The third kappa shape index (κ3) is 9.73. The van der Waals surface area contributed by atoms with E-state index >= 15 is 0 Å². The number of amides is 3. The third-order valence-corrected chi connectivity index (χ3v) is 12.0. The Balaban J connectivity index is 1.25. The molecule has 0 bridgehead atoms. The van der Waals surface area contributed by atoms with E-state index in [4.69, 9.17) is 4.74 Å². The average molecular weight is 769 g/mol.